The second-order valence-electron chi connectivity index (χ2n) is 13.2. The van der Waals surface area contributed by atoms with Gasteiger partial charge in [-0.1, -0.05) is 37.5 Å². The van der Waals surface area contributed by atoms with Gasteiger partial charge in [0.25, 0.3) is 0 Å². The first-order valence-electron chi connectivity index (χ1n) is 15.8. The third kappa shape index (κ3) is 5.03. The number of fused-ring (bicyclic) bond motifs is 5. The van der Waals surface area contributed by atoms with Crippen molar-refractivity contribution < 1.29 is 14.3 Å². The molecule has 0 radical (unpaired) electrons. The Kier molecular flexibility index (Phi) is 7.80. The molecule has 0 spiro atoms. The molecule has 0 bridgehead atoms. The van der Waals surface area contributed by atoms with Crippen molar-refractivity contribution in [1.29, 1.82) is 0 Å². The van der Waals surface area contributed by atoms with Gasteiger partial charge >= 0.3 is 0 Å². The van der Waals surface area contributed by atoms with Crippen LogP contribution in [0.4, 0.5) is 0 Å². The number of rotatable bonds is 8. The van der Waals surface area contributed by atoms with Gasteiger partial charge in [-0.3, -0.25) is 14.5 Å². The summed E-state index contributed by atoms with van der Waals surface area (Å²) in [6.07, 6.45) is 16.2. The highest BCUT2D eigenvalue weighted by molar-refractivity contribution is 5.91. The fourth-order valence-electron chi connectivity index (χ4n) is 9.41. The number of piperidine rings is 1. The van der Waals surface area contributed by atoms with Crippen molar-refractivity contribution in [3.63, 3.8) is 0 Å². The van der Waals surface area contributed by atoms with E-state index >= 15 is 0 Å². The van der Waals surface area contributed by atoms with Crippen molar-refractivity contribution >= 4 is 11.6 Å². The third-order valence-electron chi connectivity index (χ3n) is 11.1. The van der Waals surface area contributed by atoms with Crippen molar-refractivity contribution in [2.45, 2.75) is 96.9 Å². The summed E-state index contributed by atoms with van der Waals surface area (Å²) in [6.45, 7) is 6.27. The van der Waals surface area contributed by atoms with Gasteiger partial charge in [0.15, 0.2) is 5.78 Å². The van der Waals surface area contributed by atoms with Crippen LogP contribution >= 0.6 is 0 Å². The number of ketones is 2. The number of benzene rings is 1. The predicted molar refractivity (Wildman–Crippen MR) is 151 cm³/mol. The summed E-state index contributed by atoms with van der Waals surface area (Å²) in [7, 11) is 0. The lowest BCUT2D eigenvalue weighted by molar-refractivity contribution is -0.136. The molecule has 6 atom stereocenters. The van der Waals surface area contributed by atoms with Crippen molar-refractivity contribution in [3.8, 4) is 5.75 Å². The second-order valence-corrected chi connectivity index (χ2v) is 13.2. The van der Waals surface area contributed by atoms with Gasteiger partial charge in [-0.25, -0.2) is 0 Å². The fraction of sp³-hybridized carbons (Fsp3) is 0.706. The zero-order valence-corrected chi connectivity index (χ0v) is 23.5. The molecule has 1 aliphatic heterocycles. The molecule has 4 fully saturated rings. The highest BCUT2D eigenvalue weighted by Gasteiger charge is 2.60. The molecule has 1 heterocycles. The lowest BCUT2D eigenvalue weighted by Crippen LogP contribution is -2.48. The number of Topliss-reactive ketones (excluding diaryl/α,β-unsaturated/α-hetero) is 1. The summed E-state index contributed by atoms with van der Waals surface area (Å²) in [5.41, 5.74) is 2.56. The van der Waals surface area contributed by atoms with Crippen molar-refractivity contribution in [2.24, 2.45) is 35.0 Å². The Morgan fingerprint density at radius 1 is 1.03 bits per heavy atom. The Hall–Kier alpha value is -1.94. The number of hydrogen-bond donors (Lipinski definition) is 0. The average molecular weight is 518 g/mol. The molecule has 4 nitrogen and oxygen atoms in total. The SMILES string of the molecule is CCCC1CC2C3CCC4=CC(=O)CCC4C3CC[C@]2(CCOc2cccc(CN3CCCCC3)c2)C1=O. The summed E-state index contributed by atoms with van der Waals surface area (Å²) in [5, 5.41) is 0. The minimum absolute atomic E-state index is 0.196. The highest BCUT2D eigenvalue weighted by atomic mass is 16.5. The Bertz CT molecular complexity index is 1060. The molecule has 4 aliphatic carbocycles. The number of likely N-dealkylation sites (tertiary alicyclic amines) is 1. The molecule has 1 aromatic rings. The molecule has 6 rings (SSSR count). The maximum absolute atomic E-state index is 14.1. The molecule has 5 unspecified atom stereocenters. The van der Waals surface area contributed by atoms with Crippen LogP contribution in [0.1, 0.15) is 96.0 Å². The smallest absolute Gasteiger partial charge is 0.155 e. The molecule has 0 amide bonds. The molecular weight excluding hydrogens is 470 g/mol. The summed E-state index contributed by atoms with van der Waals surface area (Å²) in [5.74, 6) is 4.47. The van der Waals surface area contributed by atoms with Crippen molar-refractivity contribution in [3.05, 3.63) is 41.5 Å². The predicted octanol–water partition coefficient (Wildman–Crippen LogP) is 7.16. The minimum Gasteiger partial charge on any atom is -0.494 e. The first kappa shape index (κ1) is 26.3. The van der Waals surface area contributed by atoms with E-state index in [4.69, 9.17) is 4.74 Å². The first-order chi connectivity index (χ1) is 18.6. The molecule has 4 heteroatoms. The van der Waals surface area contributed by atoms with Gasteiger partial charge in [0.05, 0.1) is 6.61 Å². The Balaban J connectivity index is 1.15. The summed E-state index contributed by atoms with van der Waals surface area (Å²) >= 11 is 0. The van der Waals surface area contributed by atoms with Gasteiger partial charge in [-0.15, -0.1) is 0 Å². The van der Waals surface area contributed by atoms with Crippen molar-refractivity contribution in [1.82, 2.24) is 4.90 Å². The number of ether oxygens (including phenoxy) is 1. The van der Waals surface area contributed by atoms with Crippen LogP contribution in [-0.4, -0.2) is 36.2 Å². The lowest BCUT2D eigenvalue weighted by atomic mass is 9.51. The normalized spacial score (nSPS) is 35.3. The highest BCUT2D eigenvalue weighted by Crippen LogP contribution is 2.63. The van der Waals surface area contributed by atoms with Crippen LogP contribution in [0.2, 0.25) is 0 Å². The van der Waals surface area contributed by atoms with Gasteiger partial charge in [0.2, 0.25) is 0 Å². The lowest BCUT2D eigenvalue weighted by Gasteiger charge is -2.53. The van der Waals surface area contributed by atoms with Crippen LogP contribution in [0.5, 0.6) is 5.75 Å². The van der Waals surface area contributed by atoms with Gasteiger partial charge in [-0.2, -0.15) is 0 Å². The average Bonchev–Trinajstić information content (AvgIpc) is 3.21. The van der Waals surface area contributed by atoms with E-state index in [1.165, 1.54) is 43.5 Å². The maximum atomic E-state index is 14.1. The zero-order valence-electron chi connectivity index (χ0n) is 23.5. The number of nitrogens with zero attached hydrogens (tertiary/aromatic N) is 1. The standard InChI is InChI=1S/C34H47NO3/c1-2-7-26-22-32-31-12-10-25-21-27(36)11-13-29(25)30(31)14-15-34(32,33(26)37)16-19-38-28-9-6-8-24(20-28)23-35-17-4-3-5-18-35/h6,8-9,20-21,26,29-32H,2-5,7,10-19,22-23H2,1H3/t26?,29?,30?,31?,32?,34-/m1/s1. The van der Waals surface area contributed by atoms with E-state index in [-0.39, 0.29) is 11.3 Å². The largest absolute Gasteiger partial charge is 0.494 e. The molecule has 0 N–H and O–H groups in total. The summed E-state index contributed by atoms with van der Waals surface area (Å²) < 4.78 is 6.40. The van der Waals surface area contributed by atoms with Gasteiger partial charge in [0, 0.05) is 24.3 Å². The summed E-state index contributed by atoms with van der Waals surface area (Å²) in [4.78, 5) is 28.7. The van der Waals surface area contributed by atoms with Crippen LogP contribution in [-0.2, 0) is 16.1 Å². The number of carbonyl (C=O) groups is 2. The van der Waals surface area contributed by atoms with Crippen LogP contribution < -0.4 is 4.74 Å². The minimum atomic E-state index is -0.196. The molecule has 5 aliphatic rings. The topological polar surface area (TPSA) is 46.6 Å². The van der Waals surface area contributed by atoms with E-state index in [0.717, 1.165) is 76.5 Å². The Morgan fingerprint density at radius 3 is 2.74 bits per heavy atom. The zero-order chi connectivity index (χ0) is 26.1. The van der Waals surface area contributed by atoms with Gasteiger partial charge in [0.1, 0.15) is 11.5 Å². The van der Waals surface area contributed by atoms with Crippen LogP contribution in [0.15, 0.2) is 35.9 Å². The number of carbonyl (C=O) groups excluding carboxylic acids is 2. The fourth-order valence-corrected chi connectivity index (χ4v) is 9.41. The van der Waals surface area contributed by atoms with Crippen LogP contribution in [0, 0.1) is 35.0 Å². The summed E-state index contributed by atoms with van der Waals surface area (Å²) in [6, 6.07) is 8.65. The molecule has 206 valence electrons. The van der Waals surface area contributed by atoms with Crippen LogP contribution in [0.3, 0.4) is 0 Å². The quantitative estimate of drug-likeness (QED) is 0.367. The monoisotopic (exact) mass is 517 g/mol. The number of allylic oxidation sites excluding steroid dienone is 1. The van der Waals surface area contributed by atoms with Crippen LogP contribution in [0.25, 0.3) is 0 Å². The van der Waals surface area contributed by atoms with Gasteiger partial charge < -0.3 is 4.74 Å². The molecule has 0 aromatic heterocycles. The second kappa shape index (κ2) is 11.3. The Morgan fingerprint density at radius 2 is 1.89 bits per heavy atom. The molecular formula is C34H47NO3. The van der Waals surface area contributed by atoms with E-state index in [1.807, 2.05) is 6.08 Å². The Labute approximate surface area is 229 Å². The van der Waals surface area contributed by atoms with E-state index in [0.29, 0.717) is 41.8 Å². The van der Waals surface area contributed by atoms with E-state index in [1.54, 1.807) is 0 Å². The molecule has 1 aromatic carbocycles. The van der Waals surface area contributed by atoms with E-state index < -0.39 is 0 Å². The van der Waals surface area contributed by atoms with E-state index in [9.17, 15) is 9.59 Å². The van der Waals surface area contributed by atoms with Crippen molar-refractivity contribution in [2.75, 3.05) is 19.7 Å². The third-order valence-corrected chi connectivity index (χ3v) is 11.1. The molecule has 1 saturated heterocycles. The molecule has 38 heavy (non-hydrogen) atoms. The van der Waals surface area contributed by atoms with Gasteiger partial charge in [-0.05, 0) is 125 Å². The molecule has 3 saturated carbocycles. The number of hydrogen-bond acceptors (Lipinski definition) is 4. The van der Waals surface area contributed by atoms with E-state index in [2.05, 4.69) is 36.1 Å². The first-order valence-corrected chi connectivity index (χ1v) is 15.8. The maximum Gasteiger partial charge on any atom is 0.155 e.